The number of rotatable bonds is 3. The summed E-state index contributed by atoms with van der Waals surface area (Å²) in [5, 5.41) is 8.41. The van der Waals surface area contributed by atoms with Crippen LogP contribution >= 0.6 is 11.8 Å². The molecule has 1 aromatic heterocycles. The second-order valence-corrected chi connectivity index (χ2v) is 5.36. The van der Waals surface area contributed by atoms with E-state index in [2.05, 4.69) is 30.5 Å². The molecule has 84 valence electrons. The van der Waals surface area contributed by atoms with E-state index in [-0.39, 0.29) is 0 Å². The highest BCUT2D eigenvalue weighted by molar-refractivity contribution is 7.99. The predicted octanol–water partition coefficient (Wildman–Crippen LogP) is 2.41. The molecule has 1 aliphatic heterocycles. The number of aryl methyl sites for hydroxylation is 1. The van der Waals surface area contributed by atoms with Gasteiger partial charge in [-0.1, -0.05) is 6.92 Å². The lowest BCUT2D eigenvalue weighted by atomic mass is 10.2. The van der Waals surface area contributed by atoms with Crippen molar-refractivity contribution >= 4 is 11.8 Å². The molecule has 15 heavy (non-hydrogen) atoms. The standard InChI is InChI=1S/C11H19N3S/c1-3-5-14-8-10(7-12-14)11-13-9(2)4-6-15-11/h7-9,11,13H,3-6H2,1-2H3. The molecular weight excluding hydrogens is 206 g/mol. The number of aromatic nitrogens is 2. The third kappa shape index (κ3) is 2.75. The molecule has 0 amide bonds. The van der Waals surface area contributed by atoms with Gasteiger partial charge in [0.2, 0.25) is 0 Å². The number of hydrogen-bond donors (Lipinski definition) is 1. The summed E-state index contributed by atoms with van der Waals surface area (Å²) < 4.78 is 2.04. The molecule has 0 radical (unpaired) electrons. The number of nitrogens with one attached hydrogen (secondary N) is 1. The van der Waals surface area contributed by atoms with Crippen LogP contribution in [0, 0.1) is 0 Å². The first kappa shape index (κ1) is 11.0. The SMILES string of the molecule is CCCn1cc(C2NC(C)CCS2)cn1. The maximum absolute atomic E-state index is 4.37. The van der Waals surface area contributed by atoms with Crippen LogP contribution in [0.2, 0.25) is 0 Å². The summed E-state index contributed by atoms with van der Waals surface area (Å²) in [5.41, 5.74) is 1.32. The normalized spacial score (nSPS) is 26.8. The van der Waals surface area contributed by atoms with Gasteiger partial charge in [0.15, 0.2) is 0 Å². The van der Waals surface area contributed by atoms with Gasteiger partial charge in [-0.3, -0.25) is 10.00 Å². The Morgan fingerprint density at radius 1 is 1.67 bits per heavy atom. The van der Waals surface area contributed by atoms with Crippen LogP contribution < -0.4 is 5.32 Å². The summed E-state index contributed by atoms with van der Waals surface area (Å²) in [6.45, 7) is 5.45. The van der Waals surface area contributed by atoms with Crippen molar-refractivity contribution in [3.8, 4) is 0 Å². The lowest BCUT2D eigenvalue weighted by Crippen LogP contribution is -2.33. The minimum Gasteiger partial charge on any atom is -0.299 e. The monoisotopic (exact) mass is 225 g/mol. The molecule has 0 spiro atoms. The Hall–Kier alpha value is -0.480. The van der Waals surface area contributed by atoms with E-state index in [1.807, 2.05) is 22.6 Å². The van der Waals surface area contributed by atoms with Gasteiger partial charge < -0.3 is 0 Å². The van der Waals surface area contributed by atoms with Gasteiger partial charge in [-0.2, -0.15) is 5.10 Å². The summed E-state index contributed by atoms with van der Waals surface area (Å²) in [6, 6.07) is 0.630. The van der Waals surface area contributed by atoms with E-state index < -0.39 is 0 Å². The Balaban J connectivity index is 2.01. The summed E-state index contributed by atoms with van der Waals surface area (Å²) in [5.74, 6) is 1.25. The highest BCUT2D eigenvalue weighted by Crippen LogP contribution is 2.31. The molecule has 1 aliphatic rings. The third-order valence-electron chi connectivity index (χ3n) is 2.68. The number of nitrogens with zero attached hydrogens (tertiary/aromatic N) is 2. The average Bonchev–Trinajstić information content (AvgIpc) is 2.67. The molecule has 1 fully saturated rings. The van der Waals surface area contributed by atoms with Gasteiger partial charge in [0.05, 0.1) is 11.6 Å². The van der Waals surface area contributed by atoms with Gasteiger partial charge in [-0.25, -0.2) is 0 Å². The van der Waals surface area contributed by atoms with Crippen LogP contribution in [0.3, 0.4) is 0 Å². The molecule has 2 rings (SSSR count). The summed E-state index contributed by atoms with van der Waals surface area (Å²) in [4.78, 5) is 0. The van der Waals surface area contributed by atoms with Gasteiger partial charge in [-0.05, 0) is 25.5 Å². The Morgan fingerprint density at radius 2 is 2.53 bits per heavy atom. The van der Waals surface area contributed by atoms with Gasteiger partial charge in [0, 0.05) is 24.3 Å². The fourth-order valence-corrected chi connectivity index (χ4v) is 3.18. The lowest BCUT2D eigenvalue weighted by Gasteiger charge is -2.27. The van der Waals surface area contributed by atoms with E-state index >= 15 is 0 Å². The number of hydrogen-bond acceptors (Lipinski definition) is 3. The van der Waals surface area contributed by atoms with Crippen molar-refractivity contribution in [2.75, 3.05) is 5.75 Å². The molecule has 0 aromatic carbocycles. The molecular formula is C11H19N3S. The minimum atomic E-state index is 0.444. The second kappa shape index (κ2) is 5.03. The highest BCUT2D eigenvalue weighted by Gasteiger charge is 2.20. The van der Waals surface area contributed by atoms with E-state index in [0.717, 1.165) is 13.0 Å². The van der Waals surface area contributed by atoms with Crippen molar-refractivity contribution in [2.45, 2.75) is 44.6 Å². The minimum absolute atomic E-state index is 0.444. The molecule has 0 aliphatic carbocycles. The van der Waals surface area contributed by atoms with Crippen LogP contribution in [0.15, 0.2) is 12.4 Å². The smallest absolute Gasteiger partial charge is 0.0822 e. The number of thioether (sulfide) groups is 1. The van der Waals surface area contributed by atoms with Crippen molar-refractivity contribution in [3.05, 3.63) is 18.0 Å². The Morgan fingerprint density at radius 3 is 3.27 bits per heavy atom. The first-order chi connectivity index (χ1) is 7.29. The lowest BCUT2D eigenvalue weighted by molar-refractivity contribution is 0.511. The molecule has 1 N–H and O–H groups in total. The van der Waals surface area contributed by atoms with Gasteiger partial charge in [-0.15, -0.1) is 11.8 Å². The van der Waals surface area contributed by atoms with E-state index in [1.54, 1.807) is 0 Å². The van der Waals surface area contributed by atoms with Crippen LogP contribution in [0.4, 0.5) is 0 Å². The van der Waals surface area contributed by atoms with Gasteiger partial charge >= 0.3 is 0 Å². The quantitative estimate of drug-likeness (QED) is 0.856. The largest absolute Gasteiger partial charge is 0.299 e. The zero-order valence-corrected chi connectivity index (χ0v) is 10.3. The van der Waals surface area contributed by atoms with Gasteiger partial charge in [0.1, 0.15) is 0 Å². The van der Waals surface area contributed by atoms with Gasteiger partial charge in [0.25, 0.3) is 0 Å². The fraction of sp³-hybridized carbons (Fsp3) is 0.727. The maximum atomic E-state index is 4.37. The Bertz CT molecular complexity index is 311. The highest BCUT2D eigenvalue weighted by atomic mass is 32.2. The van der Waals surface area contributed by atoms with Crippen LogP contribution in [0.25, 0.3) is 0 Å². The molecule has 2 atom stereocenters. The third-order valence-corrected chi connectivity index (χ3v) is 3.89. The van der Waals surface area contributed by atoms with Crippen molar-refractivity contribution in [3.63, 3.8) is 0 Å². The summed E-state index contributed by atoms with van der Waals surface area (Å²) in [6.07, 6.45) is 6.58. The maximum Gasteiger partial charge on any atom is 0.0822 e. The van der Waals surface area contributed by atoms with Crippen LogP contribution in [0.5, 0.6) is 0 Å². The Kier molecular flexibility index (Phi) is 3.70. The molecule has 0 bridgehead atoms. The van der Waals surface area contributed by atoms with E-state index in [0.29, 0.717) is 11.4 Å². The summed E-state index contributed by atoms with van der Waals surface area (Å²) >= 11 is 1.99. The fourth-order valence-electron chi connectivity index (χ4n) is 1.81. The van der Waals surface area contributed by atoms with E-state index in [1.165, 1.54) is 17.7 Å². The molecule has 1 aromatic rings. The topological polar surface area (TPSA) is 29.9 Å². The average molecular weight is 225 g/mol. The van der Waals surface area contributed by atoms with Crippen molar-refractivity contribution in [2.24, 2.45) is 0 Å². The van der Waals surface area contributed by atoms with Crippen molar-refractivity contribution < 1.29 is 0 Å². The summed E-state index contributed by atoms with van der Waals surface area (Å²) in [7, 11) is 0. The van der Waals surface area contributed by atoms with Crippen LogP contribution in [-0.2, 0) is 6.54 Å². The van der Waals surface area contributed by atoms with Crippen molar-refractivity contribution in [1.82, 2.24) is 15.1 Å². The molecule has 3 nitrogen and oxygen atoms in total. The Labute approximate surface area is 95.6 Å². The first-order valence-electron chi connectivity index (χ1n) is 5.69. The molecule has 4 heteroatoms. The van der Waals surface area contributed by atoms with Crippen LogP contribution in [-0.4, -0.2) is 21.6 Å². The van der Waals surface area contributed by atoms with E-state index in [4.69, 9.17) is 0 Å². The molecule has 2 heterocycles. The zero-order chi connectivity index (χ0) is 10.7. The van der Waals surface area contributed by atoms with Crippen molar-refractivity contribution in [1.29, 1.82) is 0 Å². The van der Waals surface area contributed by atoms with E-state index in [9.17, 15) is 0 Å². The van der Waals surface area contributed by atoms with Crippen LogP contribution in [0.1, 0.15) is 37.6 Å². The molecule has 0 saturated carbocycles. The molecule has 2 unspecified atom stereocenters. The first-order valence-corrected chi connectivity index (χ1v) is 6.74. The molecule has 1 saturated heterocycles. The predicted molar refractivity (Wildman–Crippen MR) is 64.9 cm³/mol. The second-order valence-electron chi connectivity index (χ2n) is 4.14. The zero-order valence-electron chi connectivity index (χ0n) is 9.44.